The number of nitrogens with one attached hydrogen (secondary N) is 2. The van der Waals surface area contributed by atoms with Crippen LogP contribution in [0.1, 0.15) is 42.2 Å². The quantitative estimate of drug-likeness (QED) is 0.487. The molecule has 0 unspecified atom stereocenters. The van der Waals surface area contributed by atoms with Gasteiger partial charge in [-0.2, -0.15) is 0 Å². The number of hydrogen-bond acceptors (Lipinski definition) is 5. The summed E-state index contributed by atoms with van der Waals surface area (Å²) in [5.41, 5.74) is 3.37. The summed E-state index contributed by atoms with van der Waals surface area (Å²) in [5.74, 6) is 1.25. The molecule has 0 radical (unpaired) electrons. The Hall–Kier alpha value is -3.74. The Kier molecular flexibility index (Phi) is 5.70. The van der Waals surface area contributed by atoms with E-state index in [0.29, 0.717) is 23.7 Å². The molecule has 1 atom stereocenters. The molecular formula is C23H24N6O. The van der Waals surface area contributed by atoms with Crippen LogP contribution in [0.5, 0.6) is 0 Å². The molecule has 0 saturated carbocycles. The van der Waals surface area contributed by atoms with E-state index in [-0.39, 0.29) is 11.9 Å². The van der Waals surface area contributed by atoms with Crippen molar-refractivity contribution in [1.29, 1.82) is 0 Å². The third-order valence-corrected chi connectivity index (χ3v) is 4.88. The Labute approximate surface area is 175 Å². The SMILES string of the molecule is CCCNC(=O)c1ccc2c(c1)ncn2-c1cncc(N[C@@H](C)c2ccccc2)n1. The van der Waals surface area contributed by atoms with E-state index in [2.05, 4.69) is 39.7 Å². The number of imidazole rings is 1. The van der Waals surface area contributed by atoms with Crippen molar-refractivity contribution in [2.24, 2.45) is 0 Å². The predicted molar refractivity (Wildman–Crippen MR) is 118 cm³/mol. The number of aromatic nitrogens is 4. The van der Waals surface area contributed by atoms with Crippen molar-refractivity contribution < 1.29 is 4.79 Å². The average molecular weight is 400 g/mol. The molecule has 0 aliphatic heterocycles. The normalized spacial score (nSPS) is 11.9. The van der Waals surface area contributed by atoms with Crippen LogP contribution >= 0.6 is 0 Å². The summed E-state index contributed by atoms with van der Waals surface area (Å²) < 4.78 is 1.87. The molecule has 0 fully saturated rings. The second kappa shape index (κ2) is 8.73. The van der Waals surface area contributed by atoms with E-state index in [0.717, 1.165) is 17.5 Å². The zero-order valence-electron chi connectivity index (χ0n) is 17.0. The Bertz CT molecular complexity index is 1150. The molecule has 7 heteroatoms. The van der Waals surface area contributed by atoms with Gasteiger partial charge >= 0.3 is 0 Å². The first-order chi connectivity index (χ1) is 14.7. The number of carbonyl (C=O) groups is 1. The number of fused-ring (bicyclic) bond motifs is 1. The maximum Gasteiger partial charge on any atom is 0.251 e. The zero-order chi connectivity index (χ0) is 20.9. The van der Waals surface area contributed by atoms with Crippen LogP contribution < -0.4 is 10.6 Å². The summed E-state index contributed by atoms with van der Waals surface area (Å²) >= 11 is 0. The maximum atomic E-state index is 12.2. The Balaban J connectivity index is 1.58. The molecule has 2 aromatic heterocycles. The molecule has 2 aromatic carbocycles. The molecular weight excluding hydrogens is 376 g/mol. The van der Waals surface area contributed by atoms with E-state index in [1.807, 2.05) is 35.8 Å². The first kappa shape index (κ1) is 19.6. The summed E-state index contributed by atoms with van der Waals surface area (Å²) in [6.07, 6.45) is 6.00. The highest BCUT2D eigenvalue weighted by molar-refractivity contribution is 5.97. The molecule has 7 nitrogen and oxygen atoms in total. The van der Waals surface area contributed by atoms with Crippen molar-refractivity contribution in [3.8, 4) is 5.82 Å². The largest absolute Gasteiger partial charge is 0.362 e. The van der Waals surface area contributed by atoms with E-state index < -0.39 is 0 Å². The number of rotatable bonds is 7. The molecule has 2 N–H and O–H groups in total. The third kappa shape index (κ3) is 4.15. The van der Waals surface area contributed by atoms with Crippen LogP contribution in [-0.4, -0.2) is 32.0 Å². The van der Waals surface area contributed by atoms with Crippen molar-refractivity contribution in [2.45, 2.75) is 26.3 Å². The molecule has 0 spiro atoms. The van der Waals surface area contributed by atoms with Gasteiger partial charge in [-0.1, -0.05) is 37.3 Å². The van der Waals surface area contributed by atoms with Gasteiger partial charge in [-0.15, -0.1) is 0 Å². The minimum atomic E-state index is -0.0887. The number of amides is 1. The van der Waals surface area contributed by atoms with Gasteiger partial charge in [0.2, 0.25) is 0 Å². The van der Waals surface area contributed by atoms with Crippen molar-refractivity contribution in [3.05, 3.63) is 78.4 Å². The second-order valence-electron chi connectivity index (χ2n) is 7.11. The van der Waals surface area contributed by atoms with Gasteiger partial charge in [0.15, 0.2) is 5.82 Å². The number of hydrogen-bond donors (Lipinski definition) is 2. The predicted octanol–water partition coefficient (Wildman–Crippen LogP) is 4.13. The monoisotopic (exact) mass is 400 g/mol. The van der Waals surface area contributed by atoms with Gasteiger partial charge in [0, 0.05) is 18.2 Å². The van der Waals surface area contributed by atoms with Crippen LogP contribution in [0.25, 0.3) is 16.9 Å². The van der Waals surface area contributed by atoms with Gasteiger partial charge in [-0.05, 0) is 37.1 Å². The second-order valence-corrected chi connectivity index (χ2v) is 7.11. The first-order valence-corrected chi connectivity index (χ1v) is 10.0. The van der Waals surface area contributed by atoms with Gasteiger partial charge in [-0.25, -0.2) is 9.97 Å². The Morgan fingerprint density at radius 3 is 2.77 bits per heavy atom. The smallest absolute Gasteiger partial charge is 0.251 e. The van der Waals surface area contributed by atoms with Crippen molar-refractivity contribution in [2.75, 3.05) is 11.9 Å². The van der Waals surface area contributed by atoms with Crippen LogP contribution in [0.15, 0.2) is 67.3 Å². The lowest BCUT2D eigenvalue weighted by Crippen LogP contribution is -2.23. The van der Waals surface area contributed by atoms with Gasteiger partial charge in [0.25, 0.3) is 5.91 Å². The van der Waals surface area contributed by atoms with Gasteiger partial charge in [0.1, 0.15) is 12.1 Å². The van der Waals surface area contributed by atoms with Crippen molar-refractivity contribution in [1.82, 2.24) is 24.8 Å². The van der Waals surface area contributed by atoms with Gasteiger partial charge < -0.3 is 10.6 Å². The van der Waals surface area contributed by atoms with E-state index in [1.165, 1.54) is 5.56 Å². The lowest BCUT2D eigenvalue weighted by atomic mass is 10.1. The molecule has 0 bridgehead atoms. The summed E-state index contributed by atoms with van der Waals surface area (Å²) in [5, 5.41) is 6.28. The Morgan fingerprint density at radius 1 is 1.13 bits per heavy atom. The van der Waals surface area contributed by atoms with E-state index in [9.17, 15) is 4.79 Å². The number of carbonyl (C=O) groups excluding carboxylic acids is 1. The fraction of sp³-hybridized carbons (Fsp3) is 0.217. The van der Waals surface area contributed by atoms with Gasteiger partial charge in [-0.3, -0.25) is 14.3 Å². The number of nitrogens with zero attached hydrogens (tertiary/aromatic N) is 4. The van der Waals surface area contributed by atoms with Crippen LogP contribution in [0, 0.1) is 0 Å². The molecule has 152 valence electrons. The molecule has 4 rings (SSSR count). The lowest BCUT2D eigenvalue weighted by molar-refractivity contribution is 0.0954. The van der Waals surface area contributed by atoms with E-state index in [4.69, 9.17) is 4.98 Å². The molecule has 4 aromatic rings. The molecule has 0 saturated heterocycles. The summed E-state index contributed by atoms with van der Waals surface area (Å²) in [6.45, 7) is 4.76. The summed E-state index contributed by atoms with van der Waals surface area (Å²) in [4.78, 5) is 25.7. The van der Waals surface area contributed by atoms with Crippen LogP contribution in [-0.2, 0) is 0 Å². The minimum Gasteiger partial charge on any atom is -0.362 e. The van der Waals surface area contributed by atoms with Crippen LogP contribution in [0.2, 0.25) is 0 Å². The zero-order valence-corrected chi connectivity index (χ0v) is 17.0. The topological polar surface area (TPSA) is 84.7 Å². The molecule has 2 heterocycles. The molecule has 1 amide bonds. The van der Waals surface area contributed by atoms with Crippen LogP contribution in [0.3, 0.4) is 0 Å². The summed E-state index contributed by atoms with van der Waals surface area (Å²) in [7, 11) is 0. The van der Waals surface area contributed by atoms with E-state index >= 15 is 0 Å². The van der Waals surface area contributed by atoms with Crippen molar-refractivity contribution in [3.63, 3.8) is 0 Å². The highest BCUT2D eigenvalue weighted by Crippen LogP contribution is 2.21. The molecule has 30 heavy (non-hydrogen) atoms. The highest BCUT2D eigenvalue weighted by atomic mass is 16.1. The number of benzene rings is 2. The standard InChI is InChI=1S/C23H24N6O/c1-3-11-25-23(30)18-9-10-20-19(12-18)26-15-29(20)22-14-24-13-21(28-22)27-16(2)17-7-5-4-6-8-17/h4-10,12-16H,3,11H2,1-2H3,(H,25,30)(H,27,28)/t16-/m0/s1. The Morgan fingerprint density at radius 2 is 1.97 bits per heavy atom. The fourth-order valence-corrected chi connectivity index (χ4v) is 3.27. The average Bonchev–Trinajstić information content (AvgIpc) is 3.21. The maximum absolute atomic E-state index is 12.2. The molecule has 0 aliphatic carbocycles. The first-order valence-electron chi connectivity index (χ1n) is 10.0. The summed E-state index contributed by atoms with van der Waals surface area (Å²) in [6, 6.07) is 15.8. The van der Waals surface area contributed by atoms with Crippen LogP contribution in [0.4, 0.5) is 5.82 Å². The van der Waals surface area contributed by atoms with Gasteiger partial charge in [0.05, 0.1) is 23.4 Å². The molecule has 0 aliphatic rings. The minimum absolute atomic E-state index is 0.0887. The van der Waals surface area contributed by atoms with Crippen molar-refractivity contribution >= 4 is 22.8 Å². The third-order valence-electron chi connectivity index (χ3n) is 4.88. The highest BCUT2D eigenvalue weighted by Gasteiger charge is 2.12. The lowest BCUT2D eigenvalue weighted by Gasteiger charge is -2.15. The number of anilines is 1. The van der Waals surface area contributed by atoms with E-state index in [1.54, 1.807) is 30.9 Å². The fourth-order valence-electron chi connectivity index (χ4n) is 3.27.